The van der Waals surface area contributed by atoms with Crippen LogP contribution in [0.3, 0.4) is 0 Å². The first-order valence-corrected chi connectivity index (χ1v) is 17.6. The summed E-state index contributed by atoms with van der Waals surface area (Å²) in [6.45, 7) is 8.45. The minimum atomic E-state index is -3.67. The van der Waals surface area contributed by atoms with Crippen molar-refractivity contribution in [1.29, 1.82) is 0 Å². The van der Waals surface area contributed by atoms with Crippen LogP contribution in [0.2, 0.25) is 0 Å². The minimum absolute atomic E-state index is 0.128. The molecule has 2 aromatic rings. The molecule has 0 spiro atoms. The molecule has 7 heteroatoms. The molecule has 2 aromatic carbocycles. The van der Waals surface area contributed by atoms with Crippen LogP contribution in [-0.2, 0) is 10.1 Å². The largest absolute Gasteiger partial charge is 0.490 e. The topological polar surface area (TPSA) is 72.8 Å². The van der Waals surface area contributed by atoms with Crippen LogP contribution in [0.5, 0.6) is 11.5 Å². The third-order valence-electron chi connectivity index (χ3n) is 7.10. The van der Waals surface area contributed by atoms with Gasteiger partial charge in [0.2, 0.25) is 0 Å². The van der Waals surface area contributed by atoms with Gasteiger partial charge in [0.15, 0.2) is 0 Å². The molecule has 1 N–H and O–H groups in total. The molecule has 0 saturated heterocycles. The molecule has 0 heterocycles. The van der Waals surface area contributed by atoms with Gasteiger partial charge < -0.3 is 9.47 Å². The maximum Gasteiger partial charge on any atom is 0.261 e. The van der Waals surface area contributed by atoms with Crippen LogP contribution < -0.4 is 14.8 Å². The monoisotopic (exact) mass is 562 g/mol. The molecule has 2 saturated carbocycles. The van der Waals surface area contributed by atoms with Crippen molar-refractivity contribution in [2.45, 2.75) is 115 Å². The Balaban J connectivity index is 0.000000732. The van der Waals surface area contributed by atoms with Gasteiger partial charge in [0.1, 0.15) is 11.5 Å². The van der Waals surface area contributed by atoms with E-state index in [2.05, 4.69) is 70.2 Å². The summed E-state index contributed by atoms with van der Waals surface area (Å²) in [6, 6.07) is 15.6. The van der Waals surface area contributed by atoms with E-state index in [4.69, 9.17) is 14.0 Å². The van der Waals surface area contributed by atoms with E-state index in [1.54, 1.807) is 5.30 Å². The fourth-order valence-corrected chi connectivity index (χ4v) is 9.75. The predicted octanol–water partition coefficient (Wildman–Crippen LogP) is 8.20. The number of rotatable bonds is 8. The molecule has 38 heavy (non-hydrogen) atoms. The van der Waals surface area contributed by atoms with E-state index in [9.17, 15) is 8.42 Å². The molecule has 0 atom stereocenters. The van der Waals surface area contributed by atoms with Gasteiger partial charge in [-0.15, -0.1) is 0 Å². The molecule has 5 nitrogen and oxygen atoms in total. The lowest BCUT2D eigenvalue weighted by molar-refractivity contribution is 0.231. The molecule has 0 bridgehead atoms. The van der Waals surface area contributed by atoms with Crippen molar-refractivity contribution in [3.63, 3.8) is 0 Å². The molecular formula is C31H47O5PS. The first kappa shape index (κ1) is 30.9. The summed E-state index contributed by atoms with van der Waals surface area (Å²) < 4.78 is 38.6. The fourth-order valence-electron chi connectivity index (χ4n) is 5.80. The normalized spacial score (nSPS) is 17.4. The molecule has 0 unspecified atom stereocenters. The van der Waals surface area contributed by atoms with Crippen LogP contribution in [0.15, 0.2) is 42.5 Å². The van der Waals surface area contributed by atoms with Gasteiger partial charge in [-0.05, 0) is 87.7 Å². The van der Waals surface area contributed by atoms with Crippen molar-refractivity contribution in [1.82, 2.24) is 0 Å². The van der Waals surface area contributed by atoms with Crippen molar-refractivity contribution in [2.24, 2.45) is 0 Å². The van der Waals surface area contributed by atoms with Gasteiger partial charge in [-0.3, -0.25) is 4.55 Å². The Kier molecular flexibility index (Phi) is 11.9. The van der Waals surface area contributed by atoms with Crippen LogP contribution in [0.25, 0.3) is 11.1 Å². The van der Waals surface area contributed by atoms with Gasteiger partial charge in [-0.2, -0.15) is 8.42 Å². The van der Waals surface area contributed by atoms with E-state index in [-0.39, 0.29) is 20.1 Å². The Hall–Kier alpha value is -1.62. The smallest absolute Gasteiger partial charge is 0.261 e. The Morgan fingerprint density at radius 1 is 0.737 bits per heavy atom. The average Bonchev–Trinajstić information content (AvgIpc) is 2.85. The lowest BCUT2D eigenvalue weighted by atomic mass is 9.99. The van der Waals surface area contributed by atoms with Gasteiger partial charge in [0.05, 0.1) is 24.0 Å². The molecule has 2 aliphatic rings. The summed E-state index contributed by atoms with van der Waals surface area (Å²) in [5, 5.41) is 1.60. The van der Waals surface area contributed by atoms with Crippen LogP contribution in [-0.4, -0.2) is 42.8 Å². The van der Waals surface area contributed by atoms with E-state index in [0.717, 1.165) is 28.4 Å². The van der Waals surface area contributed by atoms with Gasteiger partial charge in [-0.1, -0.05) is 76.8 Å². The molecule has 4 rings (SSSR count). The van der Waals surface area contributed by atoms with E-state index in [1.807, 2.05) is 0 Å². The summed E-state index contributed by atoms with van der Waals surface area (Å²) in [7, 11) is -3.88. The molecule has 0 radical (unpaired) electrons. The van der Waals surface area contributed by atoms with Crippen molar-refractivity contribution in [2.75, 3.05) is 6.26 Å². The van der Waals surface area contributed by atoms with Gasteiger partial charge in [0, 0.05) is 0 Å². The van der Waals surface area contributed by atoms with E-state index in [0.29, 0.717) is 6.26 Å². The van der Waals surface area contributed by atoms with Crippen molar-refractivity contribution in [3.05, 3.63) is 42.5 Å². The minimum Gasteiger partial charge on any atom is -0.490 e. The Labute approximate surface area is 232 Å². The fraction of sp³-hybridized carbons (Fsp3) is 0.613. The first-order valence-electron chi connectivity index (χ1n) is 14.3. The van der Waals surface area contributed by atoms with Crippen LogP contribution in [0.1, 0.15) is 91.9 Å². The summed E-state index contributed by atoms with van der Waals surface area (Å²) >= 11 is 0. The summed E-state index contributed by atoms with van der Waals surface area (Å²) in [4.78, 5) is 0. The second-order valence-corrected chi connectivity index (χ2v) is 15.4. The Morgan fingerprint density at radius 2 is 1.16 bits per heavy atom. The highest BCUT2D eigenvalue weighted by Crippen LogP contribution is 2.57. The zero-order valence-electron chi connectivity index (χ0n) is 23.9. The lowest BCUT2D eigenvalue weighted by Crippen LogP contribution is -2.27. The molecule has 212 valence electrons. The van der Waals surface area contributed by atoms with Crippen molar-refractivity contribution >= 4 is 23.3 Å². The zero-order chi connectivity index (χ0) is 27.7. The highest BCUT2D eigenvalue weighted by molar-refractivity contribution is 7.85. The molecule has 0 amide bonds. The van der Waals surface area contributed by atoms with Crippen molar-refractivity contribution < 1.29 is 22.4 Å². The van der Waals surface area contributed by atoms with E-state index >= 15 is 0 Å². The third kappa shape index (κ3) is 9.54. The second kappa shape index (κ2) is 14.7. The molecule has 2 aliphatic carbocycles. The highest BCUT2D eigenvalue weighted by Gasteiger charge is 2.34. The van der Waals surface area contributed by atoms with Gasteiger partial charge in [0.25, 0.3) is 10.1 Å². The SMILES string of the molecule is CC(C)Oc1cccc(OC(C)C)c1-c1ccccc1P(C1CCCCC1)C1CCCCC1.CS(=O)(=O)O. The van der Waals surface area contributed by atoms with Gasteiger partial charge >= 0.3 is 0 Å². The highest BCUT2D eigenvalue weighted by atomic mass is 32.2. The molecule has 2 fully saturated rings. The van der Waals surface area contributed by atoms with Crippen LogP contribution in [0.4, 0.5) is 0 Å². The number of hydrogen-bond acceptors (Lipinski definition) is 4. The molecule has 0 aromatic heterocycles. The number of benzene rings is 2. The van der Waals surface area contributed by atoms with Crippen molar-refractivity contribution in [3.8, 4) is 22.6 Å². The van der Waals surface area contributed by atoms with E-state index < -0.39 is 10.1 Å². The standard InChI is InChI=1S/C30H43O2P.CH4O3S/c1-22(2)31-27-19-13-20-28(32-23(3)4)30(27)26-18-11-12-21-29(26)33(24-14-7-5-8-15-24)25-16-9-6-10-17-25;1-5(2,3)4/h11-13,18-25H,5-10,14-17H2,1-4H3;1H3,(H,2,3,4). The third-order valence-corrected chi connectivity index (χ3v) is 10.7. The maximum absolute atomic E-state index is 9.19. The molecular weight excluding hydrogens is 515 g/mol. The second-order valence-electron chi connectivity index (χ2n) is 11.2. The van der Waals surface area contributed by atoms with Crippen LogP contribution >= 0.6 is 7.92 Å². The van der Waals surface area contributed by atoms with E-state index in [1.165, 1.54) is 69.8 Å². The summed E-state index contributed by atoms with van der Waals surface area (Å²) in [6.07, 6.45) is 15.1. The van der Waals surface area contributed by atoms with Gasteiger partial charge in [-0.25, -0.2) is 0 Å². The Morgan fingerprint density at radius 3 is 1.58 bits per heavy atom. The average molecular weight is 563 g/mol. The molecule has 0 aliphatic heterocycles. The lowest BCUT2D eigenvalue weighted by Gasteiger charge is -2.39. The van der Waals surface area contributed by atoms with Crippen LogP contribution in [0, 0.1) is 0 Å². The zero-order valence-corrected chi connectivity index (χ0v) is 25.6. The summed E-state index contributed by atoms with van der Waals surface area (Å²) in [5.74, 6) is 1.91. The number of ether oxygens (including phenoxy) is 2. The number of hydrogen-bond donors (Lipinski definition) is 1. The first-order chi connectivity index (χ1) is 18.0. The Bertz CT molecular complexity index is 1050. The summed E-state index contributed by atoms with van der Waals surface area (Å²) in [5.41, 5.74) is 4.25. The quantitative estimate of drug-likeness (QED) is 0.259. The predicted molar refractivity (Wildman–Crippen MR) is 161 cm³/mol. The maximum atomic E-state index is 9.19.